The minimum absolute atomic E-state index is 0.0541. The topological polar surface area (TPSA) is 75.6 Å². The molecule has 1 saturated carbocycles. The SMILES string of the molecule is CCOCCCC(=O)NC1CCCCCCC1C(=O)O. The van der Waals surface area contributed by atoms with Gasteiger partial charge in [0.1, 0.15) is 0 Å². The Hall–Kier alpha value is -1.10. The number of carboxylic acids is 1. The van der Waals surface area contributed by atoms with E-state index in [0.29, 0.717) is 32.5 Å². The van der Waals surface area contributed by atoms with Gasteiger partial charge in [-0.25, -0.2) is 0 Å². The van der Waals surface area contributed by atoms with Crippen LogP contribution in [-0.2, 0) is 14.3 Å². The molecule has 1 fully saturated rings. The number of carbonyl (C=O) groups is 2. The lowest BCUT2D eigenvalue weighted by atomic mass is 9.86. The number of rotatable bonds is 7. The van der Waals surface area contributed by atoms with Gasteiger partial charge in [-0.15, -0.1) is 0 Å². The van der Waals surface area contributed by atoms with Crippen molar-refractivity contribution in [3.63, 3.8) is 0 Å². The molecule has 0 spiro atoms. The lowest BCUT2D eigenvalue weighted by Gasteiger charge is -2.27. The summed E-state index contributed by atoms with van der Waals surface area (Å²) in [5, 5.41) is 12.2. The summed E-state index contributed by atoms with van der Waals surface area (Å²) < 4.78 is 5.20. The van der Waals surface area contributed by atoms with Crippen LogP contribution >= 0.6 is 0 Å². The van der Waals surface area contributed by atoms with Crippen molar-refractivity contribution < 1.29 is 19.4 Å². The summed E-state index contributed by atoms with van der Waals surface area (Å²) >= 11 is 0. The molecule has 5 heteroatoms. The third-order valence-electron chi connectivity index (χ3n) is 3.83. The molecule has 1 aliphatic rings. The highest BCUT2D eigenvalue weighted by molar-refractivity contribution is 5.78. The zero-order valence-electron chi connectivity index (χ0n) is 12.4. The smallest absolute Gasteiger partial charge is 0.308 e. The van der Waals surface area contributed by atoms with Crippen molar-refractivity contribution in [1.82, 2.24) is 5.32 Å². The van der Waals surface area contributed by atoms with Gasteiger partial charge in [0.2, 0.25) is 5.91 Å². The minimum Gasteiger partial charge on any atom is -0.481 e. The van der Waals surface area contributed by atoms with Crippen molar-refractivity contribution in [2.24, 2.45) is 5.92 Å². The van der Waals surface area contributed by atoms with Gasteiger partial charge in [0.25, 0.3) is 0 Å². The summed E-state index contributed by atoms with van der Waals surface area (Å²) in [7, 11) is 0. The van der Waals surface area contributed by atoms with Gasteiger partial charge in [-0.2, -0.15) is 0 Å². The van der Waals surface area contributed by atoms with E-state index in [-0.39, 0.29) is 11.9 Å². The van der Waals surface area contributed by atoms with E-state index in [4.69, 9.17) is 4.74 Å². The van der Waals surface area contributed by atoms with Crippen molar-refractivity contribution in [2.45, 2.75) is 64.3 Å². The van der Waals surface area contributed by atoms with Crippen LogP contribution in [0.4, 0.5) is 0 Å². The van der Waals surface area contributed by atoms with Gasteiger partial charge in [-0.05, 0) is 26.2 Å². The first kappa shape index (κ1) is 17.0. The number of ether oxygens (including phenoxy) is 1. The Morgan fingerprint density at radius 1 is 1.20 bits per heavy atom. The summed E-state index contributed by atoms with van der Waals surface area (Å²) in [6.45, 7) is 3.16. The molecule has 0 saturated heterocycles. The van der Waals surface area contributed by atoms with Gasteiger partial charge in [0.05, 0.1) is 5.92 Å². The molecule has 20 heavy (non-hydrogen) atoms. The zero-order chi connectivity index (χ0) is 14.8. The largest absolute Gasteiger partial charge is 0.481 e. The van der Waals surface area contributed by atoms with Gasteiger partial charge in [-0.1, -0.05) is 25.7 Å². The molecule has 0 radical (unpaired) electrons. The lowest BCUT2D eigenvalue weighted by molar-refractivity contribution is -0.143. The van der Waals surface area contributed by atoms with E-state index in [2.05, 4.69) is 5.32 Å². The van der Waals surface area contributed by atoms with E-state index in [9.17, 15) is 14.7 Å². The van der Waals surface area contributed by atoms with Crippen LogP contribution < -0.4 is 5.32 Å². The summed E-state index contributed by atoms with van der Waals surface area (Å²) in [5.41, 5.74) is 0. The summed E-state index contributed by atoms with van der Waals surface area (Å²) in [4.78, 5) is 23.2. The second kappa shape index (κ2) is 9.75. The fourth-order valence-electron chi connectivity index (χ4n) is 2.71. The number of carboxylic acid groups (broad SMARTS) is 1. The fraction of sp³-hybridized carbons (Fsp3) is 0.867. The van der Waals surface area contributed by atoms with Crippen LogP contribution in [0.15, 0.2) is 0 Å². The van der Waals surface area contributed by atoms with Crippen molar-refractivity contribution >= 4 is 11.9 Å². The lowest BCUT2D eigenvalue weighted by Crippen LogP contribution is -2.43. The molecular weight excluding hydrogens is 258 g/mol. The van der Waals surface area contributed by atoms with Crippen LogP contribution in [-0.4, -0.2) is 36.2 Å². The normalized spacial score (nSPS) is 23.6. The summed E-state index contributed by atoms with van der Waals surface area (Å²) in [5.74, 6) is -1.28. The predicted octanol–water partition coefficient (Wildman–Crippen LogP) is 2.34. The predicted molar refractivity (Wildman–Crippen MR) is 76.5 cm³/mol. The molecule has 1 rings (SSSR count). The van der Waals surface area contributed by atoms with E-state index < -0.39 is 11.9 Å². The average Bonchev–Trinajstić information content (AvgIpc) is 2.37. The number of hydrogen-bond acceptors (Lipinski definition) is 3. The molecule has 5 nitrogen and oxygen atoms in total. The van der Waals surface area contributed by atoms with Crippen molar-refractivity contribution in [1.29, 1.82) is 0 Å². The van der Waals surface area contributed by atoms with Gasteiger partial charge >= 0.3 is 5.97 Å². The molecule has 2 unspecified atom stereocenters. The molecule has 2 atom stereocenters. The van der Waals surface area contributed by atoms with Crippen LogP contribution in [0.25, 0.3) is 0 Å². The Labute approximate surface area is 121 Å². The molecule has 0 aromatic heterocycles. The van der Waals surface area contributed by atoms with Gasteiger partial charge in [-0.3, -0.25) is 9.59 Å². The van der Waals surface area contributed by atoms with E-state index in [0.717, 1.165) is 32.1 Å². The highest BCUT2D eigenvalue weighted by Gasteiger charge is 2.29. The second-order valence-electron chi connectivity index (χ2n) is 5.41. The number of carbonyl (C=O) groups excluding carboxylic acids is 1. The molecule has 2 N–H and O–H groups in total. The summed E-state index contributed by atoms with van der Waals surface area (Å²) in [6.07, 6.45) is 6.68. The quantitative estimate of drug-likeness (QED) is 0.704. The number of amides is 1. The highest BCUT2D eigenvalue weighted by Crippen LogP contribution is 2.23. The fourth-order valence-corrected chi connectivity index (χ4v) is 2.71. The first-order chi connectivity index (χ1) is 9.65. The second-order valence-corrected chi connectivity index (χ2v) is 5.41. The molecule has 0 bridgehead atoms. The average molecular weight is 285 g/mol. The number of aliphatic carboxylic acids is 1. The molecule has 0 aliphatic heterocycles. The Balaban J connectivity index is 2.42. The van der Waals surface area contributed by atoms with E-state index in [1.54, 1.807) is 0 Å². The van der Waals surface area contributed by atoms with Crippen molar-refractivity contribution in [2.75, 3.05) is 13.2 Å². The van der Waals surface area contributed by atoms with Crippen LogP contribution in [0.3, 0.4) is 0 Å². The highest BCUT2D eigenvalue weighted by atomic mass is 16.5. The first-order valence-corrected chi connectivity index (χ1v) is 7.75. The first-order valence-electron chi connectivity index (χ1n) is 7.75. The summed E-state index contributed by atoms with van der Waals surface area (Å²) in [6, 6.07) is -0.215. The maximum atomic E-state index is 11.9. The maximum absolute atomic E-state index is 11.9. The monoisotopic (exact) mass is 285 g/mol. The Morgan fingerprint density at radius 2 is 1.90 bits per heavy atom. The van der Waals surface area contributed by atoms with E-state index in [1.165, 1.54) is 0 Å². The van der Waals surface area contributed by atoms with Gasteiger partial charge < -0.3 is 15.2 Å². The molecule has 0 aromatic rings. The Kier molecular flexibility index (Phi) is 8.26. The molecule has 1 amide bonds. The third kappa shape index (κ3) is 6.37. The van der Waals surface area contributed by atoms with Crippen molar-refractivity contribution in [3.8, 4) is 0 Å². The van der Waals surface area contributed by atoms with E-state index in [1.807, 2.05) is 6.92 Å². The van der Waals surface area contributed by atoms with Gasteiger partial charge in [0, 0.05) is 25.7 Å². The standard InChI is InChI=1S/C15H27NO4/c1-2-20-11-7-10-14(17)16-13-9-6-4-3-5-8-12(13)15(18)19/h12-13H,2-11H2,1H3,(H,16,17)(H,18,19). The van der Waals surface area contributed by atoms with Crippen molar-refractivity contribution in [3.05, 3.63) is 0 Å². The molecule has 0 heterocycles. The molecule has 0 aromatic carbocycles. The number of hydrogen-bond donors (Lipinski definition) is 2. The molecule has 1 aliphatic carbocycles. The zero-order valence-corrected chi connectivity index (χ0v) is 12.4. The molecule has 116 valence electrons. The third-order valence-corrected chi connectivity index (χ3v) is 3.83. The van der Waals surface area contributed by atoms with Gasteiger partial charge in [0.15, 0.2) is 0 Å². The van der Waals surface area contributed by atoms with Crippen LogP contribution in [0, 0.1) is 5.92 Å². The maximum Gasteiger partial charge on any atom is 0.308 e. The molecular formula is C15H27NO4. The van der Waals surface area contributed by atoms with Crippen LogP contribution in [0.1, 0.15) is 58.3 Å². The van der Waals surface area contributed by atoms with Crippen LogP contribution in [0.2, 0.25) is 0 Å². The Bertz CT molecular complexity index is 306. The van der Waals surface area contributed by atoms with Crippen LogP contribution in [0.5, 0.6) is 0 Å². The van der Waals surface area contributed by atoms with E-state index >= 15 is 0 Å². The number of nitrogens with one attached hydrogen (secondary N) is 1. The Morgan fingerprint density at radius 3 is 2.55 bits per heavy atom. The minimum atomic E-state index is -0.786.